The lowest BCUT2D eigenvalue weighted by Crippen LogP contribution is -2.54. The van der Waals surface area contributed by atoms with Gasteiger partial charge in [0, 0.05) is 44.1 Å². The predicted molar refractivity (Wildman–Crippen MR) is 122 cm³/mol. The van der Waals surface area contributed by atoms with Crippen LogP contribution in [0, 0.1) is 17.8 Å². The molecule has 3 amide bonds. The number of halogens is 3. The number of hydrogen-bond donors (Lipinski definition) is 3. The van der Waals surface area contributed by atoms with Crippen molar-refractivity contribution >= 4 is 23.5 Å². The number of carbonyl (C=O) groups is 4. The van der Waals surface area contributed by atoms with Crippen molar-refractivity contribution in [2.24, 2.45) is 17.8 Å². The summed E-state index contributed by atoms with van der Waals surface area (Å²) >= 11 is 0. The second-order valence-corrected chi connectivity index (χ2v) is 10.4. The zero-order valence-electron chi connectivity index (χ0n) is 20.6. The van der Waals surface area contributed by atoms with E-state index in [0.717, 1.165) is 12.8 Å². The number of nitrogens with one attached hydrogen (secondary N) is 3. The summed E-state index contributed by atoms with van der Waals surface area (Å²) in [6, 6.07) is -2.30. The van der Waals surface area contributed by atoms with Gasteiger partial charge in [-0.2, -0.15) is 0 Å². The molecule has 2 saturated heterocycles. The number of likely N-dealkylation sites (tertiary alicyclic amines) is 1. The van der Waals surface area contributed by atoms with Crippen LogP contribution in [0.1, 0.15) is 53.9 Å². The van der Waals surface area contributed by atoms with Gasteiger partial charge in [0.2, 0.25) is 11.8 Å². The number of carbonyl (C=O) groups excluding carboxylic acids is 4. The highest BCUT2D eigenvalue weighted by Crippen LogP contribution is 2.43. The van der Waals surface area contributed by atoms with Crippen molar-refractivity contribution in [2.75, 3.05) is 26.2 Å². The van der Waals surface area contributed by atoms with Crippen molar-refractivity contribution in [1.82, 2.24) is 26.0 Å². The number of fused-ring (bicyclic) bond motifs is 2. The van der Waals surface area contributed by atoms with Gasteiger partial charge in [0.05, 0.1) is 6.04 Å². The minimum absolute atomic E-state index is 0.0823. The standard InChI is InChI=1S/C24H30F3N5O6/c25-24(26,27)37-11-17(33)16(8-12-4-7-29-21(12)34)30-22(35)20-14-3-1-2-13(14)10-32(20)23(36)19-15-9-28-6-5-18(15)38-31-19/h12-14,16,20,28H,1-11H2,(H,29,34)(H,30,35)/t12-,13-,14-,16-,20-/m0/s1. The molecule has 1 saturated carbocycles. The molecule has 38 heavy (non-hydrogen) atoms. The molecule has 1 aliphatic carbocycles. The summed E-state index contributed by atoms with van der Waals surface area (Å²) in [5.74, 6) is -2.49. The Morgan fingerprint density at radius 1 is 1.21 bits per heavy atom. The molecule has 0 unspecified atom stereocenters. The van der Waals surface area contributed by atoms with Crippen LogP contribution in [-0.2, 0) is 32.1 Å². The van der Waals surface area contributed by atoms with Crippen LogP contribution in [0.25, 0.3) is 0 Å². The van der Waals surface area contributed by atoms with Crippen LogP contribution in [0.2, 0.25) is 0 Å². The number of aromatic nitrogens is 1. The van der Waals surface area contributed by atoms with Crippen LogP contribution < -0.4 is 16.0 Å². The van der Waals surface area contributed by atoms with Gasteiger partial charge in [-0.3, -0.25) is 23.9 Å². The summed E-state index contributed by atoms with van der Waals surface area (Å²) in [5, 5.41) is 12.4. The minimum atomic E-state index is -5.02. The fourth-order valence-corrected chi connectivity index (χ4v) is 6.23. The second kappa shape index (κ2) is 10.6. The normalized spacial score (nSPS) is 27.6. The van der Waals surface area contributed by atoms with Crippen LogP contribution in [0.15, 0.2) is 4.52 Å². The summed E-state index contributed by atoms with van der Waals surface area (Å²) in [6.45, 7) is 0.526. The zero-order valence-corrected chi connectivity index (χ0v) is 20.6. The molecule has 3 N–H and O–H groups in total. The smallest absolute Gasteiger partial charge is 0.360 e. The first-order valence-corrected chi connectivity index (χ1v) is 12.9. The van der Waals surface area contributed by atoms with E-state index in [2.05, 4.69) is 25.8 Å². The number of amides is 3. The third-order valence-corrected chi connectivity index (χ3v) is 8.09. The monoisotopic (exact) mass is 541 g/mol. The van der Waals surface area contributed by atoms with Gasteiger partial charge in [0.25, 0.3) is 5.91 Å². The number of nitrogens with zero attached hydrogens (tertiary/aromatic N) is 2. The predicted octanol–water partition coefficient (Wildman–Crippen LogP) is 0.678. The van der Waals surface area contributed by atoms with E-state index in [1.165, 1.54) is 4.90 Å². The van der Waals surface area contributed by atoms with Gasteiger partial charge >= 0.3 is 6.36 Å². The molecule has 5 atom stereocenters. The van der Waals surface area contributed by atoms with Crippen molar-refractivity contribution in [3.05, 3.63) is 17.0 Å². The van der Waals surface area contributed by atoms with Gasteiger partial charge in [-0.15, -0.1) is 13.2 Å². The summed E-state index contributed by atoms with van der Waals surface area (Å²) in [4.78, 5) is 53.6. The Labute approximate surface area is 216 Å². The molecule has 0 spiro atoms. The van der Waals surface area contributed by atoms with E-state index in [0.29, 0.717) is 56.8 Å². The summed E-state index contributed by atoms with van der Waals surface area (Å²) in [5.41, 5.74) is 0.792. The van der Waals surface area contributed by atoms with Gasteiger partial charge in [0.15, 0.2) is 11.5 Å². The molecule has 1 aromatic rings. The Morgan fingerprint density at radius 2 is 2.03 bits per heavy atom. The molecule has 11 nitrogen and oxygen atoms in total. The number of ketones is 1. The maximum absolute atomic E-state index is 13.7. The van der Waals surface area contributed by atoms with Crippen molar-refractivity contribution in [1.29, 1.82) is 0 Å². The highest BCUT2D eigenvalue weighted by molar-refractivity contribution is 5.99. The topological polar surface area (TPSA) is 143 Å². The lowest BCUT2D eigenvalue weighted by molar-refractivity contribution is -0.321. The maximum atomic E-state index is 13.7. The molecule has 4 aliphatic rings. The summed E-state index contributed by atoms with van der Waals surface area (Å²) < 4.78 is 46.9. The average Bonchev–Trinajstić information content (AvgIpc) is 3.65. The molecule has 4 heterocycles. The molecule has 14 heteroatoms. The van der Waals surface area contributed by atoms with Crippen LogP contribution >= 0.6 is 0 Å². The van der Waals surface area contributed by atoms with Crippen LogP contribution in [-0.4, -0.2) is 78.2 Å². The Morgan fingerprint density at radius 3 is 2.76 bits per heavy atom. The second-order valence-electron chi connectivity index (χ2n) is 10.4. The largest absolute Gasteiger partial charge is 0.522 e. The SMILES string of the molecule is O=C1NCC[C@H]1C[C@H](NC(=O)[C@@H]1[C@H]2CCC[C@H]2CN1C(=O)c1noc2c1CNCC2)C(=O)COC(F)(F)F. The summed E-state index contributed by atoms with van der Waals surface area (Å²) in [6.07, 6.45) is -1.78. The highest BCUT2D eigenvalue weighted by Gasteiger charge is 2.51. The quantitative estimate of drug-likeness (QED) is 0.436. The fraction of sp³-hybridized carbons (Fsp3) is 0.708. The van der Waals surface area contributed by atoms with Gasteiger partial charge in [0.1, 0.15) is 18.4 Å². The Balaban J connectivity index is 1.36. The van der Waals surface area contributed by atoms with E-state index < -0.39 is 48.6 Å². The van der Waals surface area contributed by atoms with Crippen molar-refractivity contribution in [3.63, 3.8) is 0 Å². The first kappa shape index (κ1) is 26.6. The van der Waals surface area contributed by atoms with Crippen molar-refractivity contribution < 1.29 is 41.6 Å². The molecule has 0 aromatic carbocycles. The number of hydrogen-bond acceptors (Lipinski definition) is 8. The average molecular weight is 542 g/mol. The molecule has 3 fully saturated rings. The van der Waals surface area contributed by atoms with Gasteiger partial charge in [-0.25, -0.2) is 0 Å². The Hall–Kier alpha value is -3.00. The molecule has 1 aromatic heterocycles. The van der Waals surface area contributed by atoms with E-state index in [1.54, 1.807) is 0 Å². The lowest BCUT2D eigenvalue weighted by atomic mass is 9.92. The minimum Gasteiger partial charge on any atom is -0.360 e. The third-order valence-electron chi connectivity index (χ3n) is 8.09. The van der Waals surface area contributed by atoms with Crippen LogP contribution in [0.3, 0.4) is 0 Å². The molecule has 208 valence electrons. The van der Waals surface area contributed by atoms with E-state index in [-0.39, 0.29) is 29.9 Å². The molecule has 0 bridgehead atoms. The van der Waals surface area contributed by atoms with Gasteiger partial charge in [-0.1, -0.05) is 11.6 Å². The van der Waals surface area contributed by atoms with E-state index >= 15 is 0 Å². The first-order chi connectivity index (χ1) is 18.1. The fourth-order valence-electron chi connectivity index (χ4n) is 6.23. The molecule has 5 rings (SSSR count). The highest BCUT2D eigenvalue weighted by atomic mass is 19.4. The molecule has 0 radical (unpaired) electrons. The summed E-state index contributed by atoms with van der Waals surface area (Å²) in [7, 11) is 0. The van der Waals surface area contributed by atoms with Crippen LogP contribution in [0.4, 0.5) is 13.2 Å². The first-order valence-electron chi connectivity index (χ1n) is 12.9. The molecular formula is C24H30F3N5O6. The van der Waals surface area contributed by atoms with Crippen molar-refractivity contribution in [2.45, 2.75) is 63.5 Å². The Kier molecular flexibility index (Phi) is 7.45. The zero-order chi connectivity index (χ0) is 27.0. The van der Waals surface area contributed by atoms with E-state index in [4.69, 9.17) is 4.52 Å². The van der Waals surface area contributed by atoms with Gasteiger partial charge in [-0.05, 0) is 37.5 Å². The number of Topliss-reactive ketones (excluding diaryl/α,β-unsaturated/α-hetero) is 1. The van der Waals surface area contributed by atoms with E-state index in [1.807, 2.05) is 0 Å². The lowest BCUT2D eigenvalue weighted by Gasteiger charge is -2.29. The number of ether oxygens (including phenoxy) is 1. The van der Waals surface area contributed by atoms with E-state index in [9.17, 15) is 32.3 Å². The number of alkyl halides is 3. The van der Waals surface area contributed by atoms with Crippen LogP contribution in [0.5, 0.6) is 0 Å². The van der Waals surface area contributed by atoms with Crippen molar-refractivity contribution in [3.8, 4) is 0 Å². The van der Waals surface area contributed by atoms with Gasteiger partial charge < -0.3 is 25.4 Å². The molecular weight excluding hydrogens is 511 g/mol. The third kappa shape index (κ3) is 5.41. The molecule has 3 aliphatic heterocycles. The Bertz CT molecular complexity index is 1110. The maximum Gasteiger partial charge on any atom is 0.522 e. The number of rotatable bonds is 8.